The van der Waals surface area contributed by atoms with Crippen LogP contribution in [0.25, 0.3) is 0 Å². The molecule has 2 fully saturated rings. The van der Waals surface area contributed by atoms with Crippen LogP contribution in [-0.2, 0) is 52.7 Å². The van der Waals surface area contributed by atoms with E-state index >= 15 is 0 Å². The number of carbonyl (C=O) groups excluding carboxylic acids is 5. The Morgan fingerprint density at radius 3 is 2.41 bits per heavy atom. The van der Waals surface area contributed by atoms with Gasteiger partial charge in [0.05, 0.1) is 18.8 Å². The first-order valence-corrected chi connectivity index (χ1v) is 21.0. The number of likely N-dealkylation sites (tertiary alicyclic amines) is 1. The van der Waals surface area contributed by atoms with Crippen molar-refractivity contribution in [1.82, 2.24) is 19.8 Å². The quantitative estimate of drug-likeness (QED) is 0.189. The van der Waals surface area contributed by atoms with Crippen molar-refractivity contribution in [1.29, 1.82) is 0 Å². The minimum absolute atomic E-state index is 0.0244. The molecule has 14 nitrogen and oxygen atoms in total. The number of nitrogens with one attached hydrogen (secondary N) is 2. The third kappa shape index (κ3) is 12.0. The molecule has 306 valence electrons. The van der Waals surface area contributed by atoms with Gasteiger partial charge >= 0.3 is 12.2 Å². The Bertz CT molecular complexity index is 1910. The Morgan fingerprint density at radius 2 is 1.71 bits per heavy atom. The zero-order valence-corrected chi connectivity index (χ0v) is 33.5. The summed E-state index contributed by atoms with van der Waals surface area (Å²) in [5.41, 5.74) is 6.44. The summed E-state index contributed by atoms with van der Waals surface area (Å²) in [4.78, 5) is 67.5. The summed E-state index contributed by atoms with van der Waals surface area (Å²) in [6, 6.07) is 8.99. The summed E-state index contributed by atoms with van der Waals surface area (Å²) in [7, 11) is -3.85. The van der Waals surface area contributed by atoms with E-state index in [-0.39, 0.29) is 50.1 Å². The van der Waals surface area contributed by atoms with E-state index in [1.54, 1.807) is 57.2 Å². The minimum Gasteiger partial charge on any atom is -0.444 e. The number of halogens is 2. The van der Waals surface area contributed by atoms with Gasteiger partial charge in [0.2, 0.25) is 27.7 Å². The Balaban J connectivity index is 1.07. The van der Waals surface area contributed by atoms with Gasteiger partial charge in [-0.25, -0.2) is 22.4 Å². The molecule has 0 bridgehead atoms. The van der Waals surface area contributed by atoms with Crippen LogP contribution in [0.2, 0.25) is 5.02 Å². The van der Waals surface area contributed by atoms with Gasteiger partial charge in [-0.1, -0.05) is 68.0 Å². The molecular formula is C39H51ClFN5O9S. The van der Waals surface area contributed by atoms with Gasteiger partial charge in [-0.3, -0.25) is 24.0 Å². The fourth-order valence-electron chi connectivity index (χ4n) is 7.31. The highest BCUT2D eigenvalue weighted by atomic mass is 35.5. The Morgan fingerprint density at radius 1 is 1.00 bits per heavy atom. The van der Waals surface area contributed by atoms with Crippen molar-refractivity contribution >= 4 is 51.5 Å². The molecule has 4 N–H and O–H groups in total. The van der Waals surface area contributed by atoms with Crippen LogP contribution in [0, 0.1) is 17.7 Å². The molecule has 0 unspecified atom stereocenters. The summed E-state index contributed by atoms with van der Waals surface area (Å²) >= 11 is 5.94. The number of nitrogens with zero attached hydrogens (tertiary/aromatic N) is 2. The maximum atomic E-state index is 14.3. The number of ether oxygens (including phenoxy) is 2. The molecule has 1 saturated carbocycles. The number of benzene rings is 2. The van der Waals surface area contributed by atoms with Crippen LogP contribution in [0.1, 0.15) is 95.2 Å². The van der Waals surface area contributed by atoms with E-state index in [1.165, 1.54) is 15.9 Å². The average molecular weight is 820 g/mol. The van der Waals surface area contributed by atoms with Gasteiger partial charge in [0.15, 0.2) is 0 Å². The lowest BCUT2D eigenvalue weighted by molar-refractivity contribution is -0.139. The topological polar surface area (TPSA) is 195 Å². The summed E-state index contributed by atoms with van der Waals surface area (Å²) in [5, 5.41) is 3.07. The Kier molecular flexibility index (Phi) is 13.9. The first kappa shape index (κ1) is 42.7. The molecule has 0 aromatic heterocycles. The number of amides is 5. The van der Waals surface area contributed by atoms with E-state index < -0.39 is 69.5 Å². The van der Waals surface area contributed by atoms with Crippen molar-refractivity contribution in [3.8, 4) is 0 Å². The van der Waals surface area contributed by atoms with E-state index in [4.69, 9.17) is 26.8 Å². The van der Waals surface area contributed by atoms with Gasteiger partial charge in [0.1, 0.15) is 29.6 Å². The molecule has 1 aliphatic carbocycles. The molecule has 3 aliphatic rings. The number of fused-ring (bicyclic) bond motifs is 1. The van der Waals surface area contributed by atoms with Crippen LogP contribution in [-0.4, -0.2) is 78.5 Å². The number of sulfonamides is 1. The van der Waals surface area contributed by atoms with Gasteiger partial charge in [0.25, 0.3) is 0 Å². The molecule has 2 heterocycles. The highest BCUT2D eigenvalue weighted by Crippen LogP contribution is 2.42. The summed E-state index contributed by atoms with van der Waals surface area (Å²) < 4.78 is 52.6. The fourth-order valence-corrected chi connectivity index (χ4v) is 8.68. The van der Waals surface area contributed by atoms with Crippen LogP contribution in [0.5, 0.6) is 0 Å². The number of carbonyl (C=O) groups is 5. The molecule has 2 aliphatic heterocycles. The van der Waals surface area contributed by atoms with Crippen LogP contribution in [0.15, 0.2) is 42.5 Å². The highest BCUT2D eigenvalue weighted by molar-refractivity contribution is 7.89. The van der Waals surface area contributed by atoms with Crippen molar-refractivity contribution in [3.05, 3.63) is 70.0 Å². The van der Waals surface area contributed by atoms with Crippen LogP contribution < -0.4 is 15.8 Å². The van der Waals surface area contributed by atoms with Gasteiger partial charge in [-0.15, -0.1) is 0 Å². The molecule has 5 rings (SSSR count). The van der Waals surface area contributed by atoms with E-state index in [0.717, 1.165) is 32.1 Å². The molecule has 17 heteroatoms. The van der Waals surface area contributed by atoms with Crippen molar-refractivity contribution in [3.63, 3.8) is 0 Å². The summed E-state index contributed by atoms with van der Waals surface area (Å²) in [6.45, 7) is 5.17. The lowest BCUT2D eigenvalue weighted by Gasteiger charge is -2.28. The molecule has 0 radical (unpaired) electrons. The SMILES string of the molecule is CC(C)(C)OC(=O)N[C@@H](CCCCCCC[C@@H]1C[C@@H]1C(=O)NS(=O)(=O)Cc1cccc(Cl)c1)C(=O)N1C[C@H](OC(=O)N2Cc3cccc(F)c3C2)C[C@H]1C(N)=O. The van der Waals surface area contributed by atoms with Crippen LogP contribution >= 0.6 is 11.6 Å². The molecule has 0 spiro atoms. The fraction of sp³-hybridized carbons (Fsp3) is 0.564. The van der Waals surface area contributed by atoms with Crippen molar-refractivity contribution < 1.29 is 46.3 Å². The molecule has 1 saturated heterocycles. The second-order valence-electron chi connectivity index (χ2n) is 15.9. The Hall–Kier alpha value is -4.44. The molecule has 2 aromatic rings. The third-order valence-electron chi connectivity index (χ3n) is 10.1. The summed E-state index contributed by atoms with van der Waals surface area (Å²) in [6.07, 6.45) is 3.09. The number of unbranched alkanes of at least 4 members (excludes halogenated alkanes) is 4. The van der Waals surface area contributed by atoms with Crippen molar-refractivity contribution in [2.24, 2.45) is 17.6 Å². The number of rotatable bonds is 16. The first-order chi connectivity index (χ1) is 26.4. The van der Waals surface area contributed by atoms with E-state index in [1.807, 2.05) is 0 Å². The van der Waals surface area contributed by atoms with Crippen molar-refractivity contribution in [2.75, 3.05) is 6.54 Å². The first-order valence-electron chi connectivity index (χ1n) is 19.0. The lowest BCUT2D eigenvalue weighted by atomic mass is 10.0. The van der Waals surface area contributed by atoms with E-state index in [2.05, 4.69) is 10.0 Å². The van der Waals surface area contributed by atoms with Crippen LogP contribution in [0.4, 0.5) is 14.0 Å². The van der Waals surface area contributed by atoms with Gasteiger partial charge in [-0.05, 0) is 75.3 Å². The second-order valence-corrected chi connectivity index (χ2v) is 18.0. The normalized spacial score (nSPS) is 20.9. The van der Waals surface area contributed by atoms with Crippen molar-refractivity contribution in [2.45, 2.75) is 121 Å². The minimum atomic E-state index is -3.85. The van der Waals surface area contributed by atoms with Gasteiger partial charge in [0, 0.05) is 29.5 Å². The van der Waals surface area contributed by atoms with E-state index in [0.29, 0.717) is 34.6 Å². The molecule has 56 heavy (non-hydrogen) atoms. The maximum Gasteiger partial charge on any atom is 0.410 e. The van der Waals surface area contributed by atoms with Crippen LogP contribution in [0.3, 0.4) is 0 Å². The predicted molar refractivity (Wildman–Crippen MR) is 205 cm³/mol. The number of nitrogens with two attached hydrogens (primary N) is 1. The zero-order valence-electron chi connectivity index (χ0n) is 31.9. The second kappa shape index (κ2) is 18.2. The zero-order chi connectivity index (χ0) is 40.8. The van der Waals surface area contributed by atoms with E-state index in [9.17, 15) is 36.8 Å². The number of primary amides is 1. The number of alkyl carbamates (subject to hydrolysis) is 1. The molecular weight excluding hydrogens is 769 g/mol. The predicted octanol–water partition coefficient (Wildman–Crippen LogP) is 5.29. The maximum absolute atomic E-state index is 14.3. The van der Waals surface area contributed by atoms with Gasteiger partial charge < -0.3 is 25.4 Å². The number of hydrogen-bond donors (Lipinski definition) is 3. The summed E-state index contributed by atoms with van der Waals surface area (Å²) in [5.74, 6) is -2.79. The molecule has 2 aromatic carbocycles. The standard InChI is InChI=1S/C39H51ClFN5O9S/c1-39(2,3)55-37(50)43-32(16-8-6-4-5-7-12-25-18-29(25)35(48)44-56(52,53)23-24-11-9-14-27(40)17-24)36(49)46-21-28(19-33(46)34(42)47)54-38(51)45-20-26-13-10-15-31(41)30(26)22-45/h9-11,13-15,17,25,28-29,32-33H,4-8,12,16,18-23H2,1-3H3,(H2,42,47)(H,43,50)(H,44,48)/t25-,28-,29+,32+,33+/m1/s1. The smallest absolute Gasteiger partial charge is 0.410 e. The Labute approximate surface area is 332 Å². The third-order valence-corrected chi connectivity index (χ3v) is 11.6. The van der Waals surface area contributed by atoms with Gasteiger partial charge in [-0.2, -0.15) is 0 Å². The number of hydrogen-bond acceptors (Lipinski definition) is 9. The highest BCUT2D eigenvalue weighted by Gasteiger charge is 2.45. The average Bonchev–Trinajstić information content (AvgIpc) is 3.52. The molecule has 5 atom stereocenters. The largest absolute Gasteiger partial charge is 0.444 e. The monoisotopic (exact) mass is 819 g/mol. The lowest BCUT2D eigenvalue weighted by Crippen LogP contribution is -2.53. The molecule has 5 amide bonds.